The molecular formula is C11H20OS. The average Bonchev–Trinajstić information content (AvgIpc) is 2.13. The van der Waals surface area contributed by atoms with E-state index in [1.165, 1.54) is 12.2 Å². The summed E-state index contributed by atoms with van der Waals surface area (Å²) in [4.78, 5) is 0. The van der Waals surface area contributed by atoms with Crippen molar-refractivity contribution in [2.45, 2.75) is 13.3 Å². The first-order chi connectivity index (χ1) is 6.31. The topological polar surface area (TPSA) is 9.23 Å². The highest BCUT2D eigenvalue weighted by Gasteiger charge is 1.87. The van der Waals surface area contributed by atoms with Crippen LogP contribution in [0.25, 0.3) is 0 Å². The van der Waals surface area contributed by atoms with Gasteiger partial charge in [-0.15, -0.1) is 0 Å². The molecule has 1 unspecified atom stereocenters. The molecule has 0 aliphatic rings. The lowest BCUT2D eigenvalue weighted by molar-refractivity contribution is 0.233. The molecule has 1 atom stereocenters. The molecule has 0 fully saturated rings. The minimum Gasteiger partial charge on any atom is -0.381 e. The van der Waals surface area contributed by atoms with Crippen LogP contribution in [0.5, 0.6) is 0 Å². The number of ether oxygens (including phenoxy) is 1. The monoisotopic (exact) mass is 200 g/mol. The number of methoxy groups -OCH3 is 1. The first-order valence-electron chi connectivity index (χ1n) is 4.62. The van der Waals surface area contributed by atoms with Crippen LogP contribution in [0.15, 0.2) is 24.3 Å². The Labute approximate surface area is 86.2 Å². The molecule has 0 aromatic rings. The van der Waals surface area contributed by atoms with Gasteiger partial charge in [0.1, 0.15) is 0 Å². The number of allylic oxidation sites excluding steroid dienone is 3. The van der Waals surface area contributed by atoms with Crippen molar-refractivity contribution in [3.63, 3.8) is 0 Å². The van der Waals surface area contributed by atoms with E-state index < -0.39 is 0 Å². The van der Waals surface area contributed by atoms with Crippen LogP contribution in [-0.4, -0.2) is 25.7 Å². The number of hydrogen-bond acceptors (Lipinski definition) is 2. The third-order valence-corrected chi connectivity index (χ3v) is 2.27. The minimum atomic E-state index is 0.525. The third-order valence-electron chi connectivity index (χ3n) is 1.63. The second-order valence-corrected chi connectivity index (χ2v) is 3.94. The molecule has 0 N–H and O–H groups in total. The molecule has 0 radical (unpaired) electrons. The first-order valence-corrected chi connectivity index (χ1v) is 6.01. The smallest absolute Gasteiger partial charge is 0.0643 e. The molecule has 0 saturated carbocycles. The van der Waals surface area contributed by atoms with E-state index in [-0.39, 0.29) is 0 Å². The van der Waals surface area contributed by atoms with E-state index in [1.807, 2.05) is 11.8 Å². The van der Waals surface area contributed by atoms with Crippen molar-refractivity contribution in [1.29, 1.82) is 0 Å². The van der Waals surface area contributed by atoms with Crippen LogP contribution in [0.1, 0.15) is 13.3 Å². The summed E-state index contributed by atoms with van der Waals surface area (Å²) in [5.41, 5.74) is 0. The summed E-state index contributed by atoms with van der Waals surface area (Å²) < 4.78 is 4.92. The largest absolute Gasteiger partial charge is 0.381 e. The molecule has 0 spiro atoms. The second-order valence-electron chi connectivity index (χ2n) is 2.95. The van der Waals surface area contributed by atoms with Gasteiger partial charge in [0.05, 0.1) is 6.61 Å². The maximum Gasteiger partial charge on any atom is 0.0643 e. The molecule has 0 aliphatic heterocycles. The molecule has 0 amide bonds. The van der Waals surface area contributed by atoms with Gasteiger partial charge in [0, 0.05) is 7.11 Å². The lowest BCUT2D eigenvalue weighted by Crippen LogP contribution is -1.86. The van der Waals surface area contributed by atoms with Gasteiger partial charge in [0.15, 0.2) is 0 Å². The summed E-state index contributed by atoms with van der Waals surface area (Å²) in [5, 5.41) is 0. The minimum absolute atomic E-state index is 0.525. The van der Waals surface area contributed by atoms with Gasteiger partial charge in [-0.3, -0.25) is 0 Å². The Bertz CT molecular complexity index is 152. The fraction of sp³-hybridized carbons (Fsp3) is 0.636. The maximum atomic E-state index is 4.92. The zero-order valence-electron chi connectivity index (χ0n) is 8.82. The highest BCUT2D eigenvalue weighted by atomic mass is 32.2. The zero-order valence-corrected chi connectivity index (χ0v) is 9.64. The van der Waals surface area contributed by atoms with Crippen LogP contribution in [0.4, 0.5) is 0 Å². The third kappa shape index (κ3) is 9.71. The molecule has 76 valence electrons. The van der Waals surface area contributed by atoms with Gasteiger partial charge in [-0.25, -0.2) is 0 Å². The lowest BCUT2D eigenvalue weighted by Gasteiger charge is -1.97. The summed E-state index contributed by atoms with van der Waals surface area (Å²) in [6.45, 7) is 2.89. The van der Waals surface area contributed by atoms with Crippen molar-refractivity contribution in [3.05, 3.63) is 24.3 Å². The normalized spacial score (nSPS) is 14.4. The van der Waals surface area contributed by atoms with Crippen LogP contribution >= 0.6 is 11.8 Å². The Morgan fingerprint density at radius 1 is 1.31 bits per heavy atom. The van der Waals surface area contributed by atoms with E-state index in [0.29, 0.717) is 12.5 Å². The summed E-state index contributed by atoms with van der Waals surface area (Å²) in [5.74, 6) is 1.74. The first kappa shape index (κ1) is 12.8. The van der Waals surface area contributed by atoms with Crippen LogP contribution in [0.2, 0.25) is 0 Å². The Morgan fingerprint density at radius 2 is 2.00 bits per heavy atom. The van der Waals surface area contributed by atoms with Crippen molar-refractivity contribution in [2.24, 2.45) is 5.92 Å². The summed E-state index contributed by atoms with van der Waals surface area (Å²) in [7, 11) is 1.71. The molecule has 13 heavy (non-hydrogen) atoms. The van der Waals surface area contributed by atoms with Crippen LogP contribution in [-0.2, 0) is 4.74 Å². The van der Waals surface area contributed by atoms with Crippen molar-refractivity contribution in [1.82, 2.24) is 0 Å². The maximum absolute atomic E-state index is 4.92. The molecular weight excluding hydrogens is 180 g/mol. The summed E-state index contributed by atoms with van der Waals surface area (Å²) in [6, 6.07) is 0. The highest BCUT2D eigenvalue weighted by molar-refractivity contribution is 7.98. The van der Waals surface area contributed by atoms with E-state index in [9.17, 15) is 0 Å². The molecule has 0 aliphatic carbocycles. The Morgan fingerprint density at radius 3 is 2.62 bits per heavy atom. The van der Waals surface area contributed by atoms with Crippen molar-refractivity contribution in [3.8, 4) is 0 Å². The van der Waals surface area contributed by atoms with E-state index >= 15 is 0 Å². The summed E-state index contributed by atoms with van der Waals surface area (Å²) in [6.07, 6.45) is 12.0. The van der Waals surface area contributed by atoms with Crippen molar-refractivity contribution >= 4 is 11.8 Å². The van der Waals surface area contributed by atoms with E-state index in [2.05, 4.69) is 37.5 Å². The van der Waals surface area contributed by atoms with Crippen molar-refractivity contribution in [2.75, 3.05) is 25.7 Å². The molecule has 1 nitrogen and oxygen atoms in total. The predicted octanol–water partition coefficient (Wildman–Crippen LogP) is 3.13. The van der Waals surface area contributed by atoms with E-state index in [4.69, 9.17) is 4.74 Å². The number of hydrogen-bond donors (Lipinski definition) is 0. The Kier molecular flexibility index (Phi) is 9.72. The number of rotatable bonds is 7. The molecule has 0 aromatic heterocycles. The Balaban J connectivity index is 3.48. The molecule has 2 heteroatoms. The van der Waals surface area contributed by atoms with Gasteiger partial charge in [0.2, 0.25) is 0 Å². The average molecular weight is 200 g/mol. The second kappa shape index (κ2) is 9.87. The fourth-order valence-electron chi connectivity index (χ4n) is 0.927. The standard InChI is InChI=1S/C11H20OS/c1-11(8-6-9-12-2)7-4-5-10-13-3/h4,6-8,11H,5,9-10H2,1-3H3/b7-4-,8-6-. The van der Waals surface area contributed by atoms with E-state index in [1.54, 1.807) is 7.11 Å². The number of thioether (sulfide) groups is 1. The van der Waals surface area contributed by atoms with Gasteiger partial charge < -0.3 is 4.74 Å². The van der Waals surface area contributed by atoms with Gasteiger partial charge in [-0.05, 0) is 24.3 Å². The molecule has 0 aromatic carbocycles. The van der Waals surface area contributed by atoms with E-state index in [0.717, 1.165) is 0 Å². The van der Waals surface area contributed by atoms with Crippen LogP contribution in [0.3, 0.4) is 0 Å². The SMILES string of the molecule is COC/C=C\C(C)/C=C\CCSC. The van der Waals surface area contributed by atoms with Gasteiger partial charge in [-0.2, -0.15) is 11.8 Å². The fourth-order valence-corrected chi connectivity index (χ4v) is 1.30. The van der Waals surface area contributed by atoms with Gasteiger partial charge >= 0.3 is 0 Å². The highest BCUT2D eigenvalue weighted by Crippen LogP contribution is 2.02. The predicted molar refractivity (Wildman–Crippen MR) is 62.3 cm³/mol. The quantitative estimate of drug-likeness (QED) is 0.461. The molecule has 0 saturated heterocycles. The molecule has 0 bridgehead atoms. The van der Waals surface area contributed by atoms with Gasteiger partial charge in [0.25, 0.3) is 0 Å². The van der Waals surface area contributed by atoms with Crippen LogP contribution < -0.4 is 0 Å². The van der Waals surface area contributed by atoms with Gasteiger partial charge in [-0.1, -0.05) is 31.2 Å². The lowest BCUT2D eigenvalue weighted by atomic mass is 10.1. The van der Waals surface area contributed by atoms with Crippen LogP contribution in [0, 0.1) is 5.92 Å². The molecule has 0 heterocycles. The Hall–Kier alpha value is -0.210. The van der Waals surface area contributed by atoms with Crippen molar-refractivity contribution < 1.29 is 4.74 Å². The molecule has 0 rings (SSSR count). The zero-order chi connectivity index (χ0) is 9.94. The summed E-state index contributed by atoms with van der Waals surface area (Å²) >= 11 is 1.89.